The van der Waals surface area contributed by atoms with Crippen molar-refractivity contribution in [3.63, 3.8) is 0 Å². The number of benzene rings is 1. The van der Waals surface area contributed by atoms with Gasteiger partial charge in [-0.15, -0.1) is 0 Å². The number of hydrogen-bond donors (Lipinski definition) is 1. The topological polar surface area (TPSA) is 60.4 Å². The third-order valence-electron chi connectivity index (χ3n) is 1.43. The van der Waals surface area contributed by atoms with Crippen molar-refractivity contribution < 1.29 is 64.7 Å². The van der Waals surface area contributed by atoms with Crippen LogP contribution < -0.4 is 51.4 Å². The molecule has 1 aromatic rings. The van der Waals surface area contributed by atoms with Crippen LogP contribution in [-0.4, -0.2) is 13.3 Å². The molecule has 0 radical (unpaired) electrons. The van der Waals surface area contributed by atoms with Crippen LogP contribution in [0.5, 0.6) is 0 Å². The van der Waals surface area contributed by atoms with Gasteiger partial charge < -0.3 is 9.11 Å². The maximum absolute atomic E-state index is 8.56. The first-order valence-electron chi connectivity index (χ1n) is 3.34. The van der Waals surface area contributed by atoms with Crippen LogP contribution >= 0.6 is 0 Å². The zero-order valence-electron chi connectivity index (χ0n) is 7.98. The normalized spacial score (nSPS) is 10.5. The fourth-order valence-electron chi connectivity index (χ4n) is 0.663. The molecule has 0 aromatic heterocycles. The van der Waals surface area contributed by atoms with Gasteiger partial charge in [-0.05, 0) is 25.0 Å². The average molecular weight is 226 g/mol. The Morgan fingerprint density at radius 2 is 1.46 bits per heavy atom. The van der Waals surface area contributed by atoms with E-state index in [1.54, 1.807) is 0 Å². The quantitative estimate of drug-likeness (QED) is 0.439. The minimum atomic E-state index is -2.86. The Kier molecular flexibility index (Phi) is 11.9. The van der Waals surface area contributed by atoms with Gasteiger partial charge in [0, 0.05) is 0 Å². The first kappa shape index (κ1) is 16.4. The van der Waals surface area contributed by atoms with Crippen LogP contribution in [0.4, 0.5) is 0 Å². The Balaban J connectivity index is 0. The van der Waals surface area contributed by atoms with Crippen molar-refractivity contribution in [2.45, 2.75) is 13.8 Å². The molecule has 1 atom stereocenters. The third-order valence-corrected chi connectivity index (χ3v) is 1.43. The maximum atomic E-state index is 8.56. The van der Waals surface area contributed by atoms with Gasteiger partial charge in [0.2, 0.25) is 0 Å². The first-order chi connectivity index (χ1) is 5.54. The van der Waals surface area contributed by atoms with E-state index in [1.165, 1.54) is 11.1 Å². The molecule has 5 heteroatoms. The molecule has 1 rings (SSSR count). The van der Waals surface area contributed by atoms with Crippen LogP contribution in [0.25, 0.3) is 0 Å². The van der Waals surface area contributed by atoms with Gasteiger partial charge in [0.05, 0.1) is 11.4 Å². The Hall–Kier alpha value is 0.926. The second-order valence-corrected chi connectivity index (χ2v) is 2.74. The minimum absolute atomic E-state index is 0. The molecule has 68 valence electrons. The summed E-state index contributed by atoms with van der Waals surface area (Å²) in [5.41, 5.74) is 2.74. The zero-order chi connectivity index (χ0) is 9.56. The van der Waals surface area contributed by atoms with Gasteiger partial charge in [-0.3, -0.25) is 0 Å². The van der Waals surface area contributed by atoms with Crippen LogP contribution in [0.1, 0.15) is 11.1 Å². The summed E-state index contributed by atoms with van der Waals surface area (Å²) >= 11 is -2.86. The van der Waals surface area contributed by atoms with Gasteiger partial charge in [-0.2, -0.15) is 0 Å². The molecule has 0 fully saturated rings. The van der Waals surface area contributed by atoms with Crippen molar-refractivity contribution in [3.05, 3.63) is 35.4 Å². The second-order valence-electron chi connectivity index (χ2n) is 2.30. The summed E-state index contributed by atoms with van der Waals surface area (Å²) in [6.45, 7) is 4.24. The Labute approximate surface area is 123 Å². The zero-order valence-corrected chi connectivity index (χ0v) is 11.9. The van der Waals surface area contributed by atoms with E-state index in [9.17, 15) is 0 Å². The van der Waals surface area contributed by atoms with E-state index in [1.807, 2.05) is 0 Å². The predicted octanol–water partition coefficient (Wildman–Crippen LogP) is -1.35. The van der Waals surface area contributed by atoms with Crippen molar-refractivity contribution in [3.8, 4) is 0 Å². The third kappa shape index (κ3) is 10.8. The summed E-state index contributed by atoms with van der Waals surface area (Å²) in [5, 5.41) is 0. The van der Waals surface area contributed by atoms with Crippen molar-refractivity contribution in [2.75, 3.05) is 0 Å². The molecule has 0 spiro atoms. The number of hydrogen-bond acceptors (Lipinski definition) is 2. The maximum Gasteiger partial charge on any atom is 1.00 e. The van der Waals surface area contributed by atoms with E-state index in [4.69, 9.17) is 13.3 Å². The van der Waals surface area contributed by atoms with Crippen molar-refractivity contribution >= 4 is 11.4 Å². The Morgan fingerprint density at radius 3 is 1.62 bits per heavy atom. The molecular weight excluding hydrogens is 215 g/mol. The summed E-state index contributed by atoms with van der Waals surface area (Å²) in [7, 11) is 0. The molecule has 13 heavy (non-hydrogen) atoms. The van der Waals surface area contributed by atoms with Crippen LogP contribution in [0.15, 0.2) is 24.3 Å². The van der Waals surface area contributed by atoms with Crippen molar-refractivity contribution in [1.29, 1.82) is 0 Å². The fraction of sp³-hybridized carbons (Fsp3) is 0.250. The smallest absolute Gasteiger partial charge is 0.750 e. The standard InChI is InChI=1S/C8H10.K.H2O3S/c1-7-5-3-4-6-8(7)2;;1-4(2)3/h3-6H,1-2H3;;(H2,1,2,3)/q;+1;/p-1. The van der Waals surface area contributed by atoms with Crippen LogP contribution in [-0.2, 0) is 11.4 Å². The van der Waals surface area contributed by atoms with Gasteiger partial charge in [0.15, 0.2) is 0 Å². The van der Waals surface area contributed by atoms with E-state index in [2.05, 4.69) is 38.1 Å². The van der Waals surface area contributed by atoms with E-state index in [0.29, 0.717) is 0 Å². The largest absolute Gasteiger partial charge is 1.00 e. The van der Waals surface area contributed by atoms with E-state index in [0.717, 1.165) is 0 Å². The summed E-state index contributed by atoms with van der Waals surface area (Å²) in [4.78, 5) is 0. The van der Waals surface area contributed by atoms with Crippen molar-refractivity contribution in [2.24, 2.45) is 0 Å². The van der Waals surface area contributed by atoms with Gasteiger partial charge in [0.1, 0.15) is 0 Å². The summed E-state index contributed by atoms with van der Waals surface area (Å²) in [6, 6.07) is 8.36. The van der Waals surface area contributed by atoms with E-state index in [-0.39, 0.29) is 51.4 Å². The molecule has 0 amide bonds. The van der Waals surface area contributed by atoms with Crippen LogP contribution in [0.3, 0.4) is 0 Å². The molecule has 0 heterocycles. The molecule has 1 aromatic carbocycles. The number of aryl methyl sites for hydroxylation is 2. The first-order valence-corrected chi connectivity index (χ1v) is 4.38. The molecule has 0 bridgehead atoms. The van der Waals surface area contributed by atoms with Crippen LogP contribution in [0.2, 0.25) is 0 Å². The predicted molar refractivity (Wildman–Crippen MR) is 47.5 cm³/mol. The second kappa shape index (κ2) is 9.48. The molecule has 1 unspecified atom stereocenters. The number of rotatable bonds is 0. The molecule has 3 nitrogen and oxygen atoms in total. The monoisotopic (exact) mass is 226 g/mol. The molecular formula is C8H11KO3S. The summed E-state index contributed by atoms with van der Waals surface area (Å²) < 4.78 is 24.1. The Morgan fingerprint density at radius 1 is 1.23 bits per heavy atom. The van der Waals surface area contributed by atoms with Crippen molar-refractivity contribution in [1.82, 2.24) is 0 Å². The average Bonchev–Trinajstić information content (AvgIpc) is 1.94. The Bertz CT molecular complexity index is 240. The summed E-state index contributed by atoms with van der Waals surface area (Å²) in [6.07, 6.45) is 0. The van der Waals surface area contributed by atoms with Gasteiger partial charge in [-0.1, -0.05) is 24.3 Å². The van der Waals surface area contributed by atoms with E-state index >= 15 is 0 Å². The SMILES string of the molecule is Cc1ccccc1C.O=S([O-])O.[K+]. The van der Waals surface area contributed by atoms with Crippen LogP contribution in [0, 0.1) is 13.8 Å². The fourth-order valence-corrected chi connectivity index (χ4v) is 0.663. The molecule has 0 aliphatic heterocycles. The van der Waals surface area contributed by atoms with Gasteiger partial charge in [0.25, 0.3) is 0 Å². The molecule has 0 aliphatic rings. The molecule has 0 saturated heterocycles. The van der Waals surface area contributed by atoms with E-state index < -0.39 is 11.4 Å². The van der Waals surface area contributed by atoms with Gasteiger partial charge >= 0.3 is 51.4 Å². The molecule has 1 N–H and O–H groups in total. The molecule has 0 saturated carbocycles. The summed E-state index contributed by atoms with van der Waals surface area (Å²) in [5.74, 6) is 0. The minimum Gasteiger partial charge on any atom is -0.750 e. The van der Waals surface area contributed by atoms with Gasteiger partial charge in [-0.25, -0.2) is 4.21 Å². The molecule has 0 aliphatic carbocycles.